The van der Waals surface area contributed by atoms with Gasteiger partial charge in [-0.05, 0) is 31.8 Å². The maximum absolute atomic E-state index is 14.7. The number of anilines is 1. The Hall–Kier alpha value is -3.80. The zero-order valence-electron chi connectivity index (χ0n) is 20.3. The van der Waals surface area contributed by atoms with Crippen LogP contribution in [0.5, 0.6) is 11.5 Å². The number of nitrogens with zero attached hydrogens (tertiary/aromatic N) is 4. The maximum Gasteiger partial charge on any atom is 0.341 e. The number of hydrazone groups is 1. The van der Waals surface area contributed by atoms with Gasteiger partial charge in [0.1, 0.15) is 23.5 Å². The number of carbonyl (C=O) groups excluding carboxylic acids is 2. The third-order valence-electron chi connectivity index (χ3n) is 6.40. The summed E-state index contributed by atoms with van der Waals surface area (Å²) in [6.45, 7) is 0.971. The topological polar surface area (TPSA) is 86.7 Å². The molecule has 2 atom stereocenters. The Bertz CT molecular complexity index is 1230. The number of likely N-dealkylation sites (tertiary alicyclic amines) is 1. The number of rotatable bonds is 6. The molecule has 0 radical (unpaired) electrons. The fourth-order valence-electron chi connectivity index (χ4n) is 4.44. The Kier molecular flexibility index (Phi) is 6.67. The van der Waals surface area contributed by atoms with Crippen molar-refractivity contribution in [1.29, 1.82) is 0 Å². The molecule has 0 aromatic heterocycles. The first-order valence-corrected chi connectivity index (χ1v) is 11.9. The summed E-state index contributed by atoms with van der Waals surface area (Å²) in [6.07, 6.45) is 1.10. The van der Waals surface area contributed by atoms with Crippen LogP contribution in [0.25, 0.3) is 0 Å². The van der Waals surface area contributed by atoms with Crippen molar-refractivity contribution in [3.05, 3.63) is 53.3 Å². The molecular weight excluding hydrogens is 491 g/mol. The predicted octanol–water partition coefficient (Wildman–Crippen LogP) is 3.37. The smallest absolute Gasteiger partial charge is 0.341 e. The van der Waals surface area contributed by atoms with E-state index in [-0.39, 0.29) is 30.5 Å². The lowest BCUT2D eigenvalue weighted by molar-refractivity contribution is -0.123. The van der Waals surface area contributed by atoms with Gasteiger partial charge in [0, 0.05) is 43.8 Å². The van der Waals surface area contributed by atoms with Gasteiger partial charge in [-0.2, -0.15) is 5.10 Å². The van der Waals surface area contributed by atoms with Gasteiger partial charge in [0.25, 0.3) is 5.91 Å². The number of halogens is 3. The van der Waals surface area contributed by atoms with Crippen LogP contribution >= 0.6 is 0 Å². The third kappa shape index (κ3) is 5.19. The van der Waals surface area contributed by atoms with Crippen LogP contribution in [-0.4, -0.2) is 78.9 Å². The van der Waals surface area contributed by atoms with Gasteiger partial charge in [-0.1, -0.05) is 0 Å². The van der Waals surface area contributed by atoms with Crippen molar-refractivity contribution in [3.8, 4) is 11.5 Å². The monoisotopic (exact) mass is 517 g/mol. The van der Waals surface area contributed by atoms with E-state index in [9.17, 15) is 22.8 Å². The number of hydrogen-bond donors (Lipinski definition) is 1. The summed E-state index contributed by atoms with van der Waals surface area (Å²) in [5.74, 6) is -2.27. The summed E-state index contributed by atoms with van der Waals surface area (Å²) < 4.78 is 53.5. The summed E-state index contributed by atoms with van der Waals surface area (Å²) in [4.78, 5) is 28.7. The van der Waals surface area contributed by atoms with Crippen molar-refractivity contribution in [2.24, 2.45) is 5.10 Å². The Morgan fingerprint density at radius 2 is 1.89 bits per heavy atom. The molecule has 196 valence electrons. The van der Waals surface area contributed by atoms with E-state index in [0.29, 0.717) is 30.6 Å². The fraction of sp³-hybridized carbons (Fsp3) is 0.400. The summed E-state index contributed by atoms with van der Waals surface area (Å²) in [6, 6.07) is 4.60. The molecule has 2 aromatic carbocycles. The van der Waals surface area contributed by atoms with Crippen LogP contribution in [0.1, 0.15) is 24.4 Å². The SMILES string of the molecule is CN(C)CCC1Oc2cc(F)c(OC3CN(C(=O)N4N=CC[C@H]4c4cc(F)cc(F)c4)C3)cc2NC1=O. The predicted molar refractivity (Wildman–Crippen MR) is 128 cm³/mol. The van der Waals surface area contributed by atoms with Gasteiger partial charge in [0.2, 0.25) is 0 Å². The van der Waals surface area contributed by atoms with E-state index in [1.807, 2.05) is 19.0 Å². The summed E-state index contributed by atoms with van der Waals surface area (Å²) in [5, 5.41) is 8.00. The first kappa shape index (κ1) is 24.9. The maximum atomic E-state index is 14.7. The molecule has 3 aliphatic heterocycles. The molecule has 3 heterocycles. The molecule has 3 amide bonds. The van der Waals surface area contributed by atoms with E-state index < -0.39 is 41.7 Å². The molecule has 5 rings (SSSR count). The van der Waals surface area contributed by atoms with Crippen molar-refractivity contribution in [2.75, 3.05) is 39.0 Å². The van der Waals surface area contributed by atoms with Gasteiger partial charge in [-0.15, -0.1) is 0 Å². The second-order valence-corrected chi connectivity index (χ2v) is 9.49. The molecule has 0 spiro atoms. The molecular formula is C25H26F3N5O4. The van der Waals surface area contributed by atoms with E-state index in [2.05, 4.69) is 10.4 Å². The average Bonchev–Trinajstić information content (AvgIpc) is 3.29. The van der Waals surface area contributed by atoms with Crippen molar-refractivity contribution < 1.29 is 32.2 Å². The Morgan fingerprint density at radius 3 is 2.59 bits per heavy atom. The number of ether oxygens (including phenoxy) is 2. The normalized spacial score (nSPS) is 21.0. The number of fused-ring (bicyclic) bond motifs is 1. The number of carbonyl (C=O) groups is 2. The quantitative estimate of drug-likeness (QED) is 0.635. The number of hydrogen-bond acceptors (Lipinski definition) is 6. The average molecular weight is 518 g/mol. The van der Waals surface area contributed by atoms with Crippen molar-refractivity contribution in [3.63, 3.8) is 0 Å². The summed E-state index contributed by atoms with van der Waals surface area (Å²) in [7, 11) is 3.77. The van der Waals surface area contributed by atoms with Crippen LogP contribution in [0.4, 0.5) is 23.7 Å². The highest BCUT2D eigenvalue weighted by Gasteiger charge is 2.39. The lowest BCUT2D eigenvalue weighted by Gasteiger charge is -2.41. The lowest BCUT2D eigenvalue weighted by atomic mass is 10.0. The molecule has 0 saturated carbocycles. The van der Waals surface area contributed by atoms with E-state index >= 15 is 0 Å². The van der Waals surface area contributed by atoms with E-state index in [4.69, 9.17) is 9.47 Å². The minimum atomic E-state index is -0.732. The van der Waals surface area contributed by atoms with Gasteiger partial charge < -0.3 is 24.6 Å². The third-order valence-corrected chi connectivity index (χ3v) is 6.40. The standard InChI is InChI=1S/C25H26F3N5O4/c1-31(2)6-4-21-24(34)30-19-11-22(18(28)10-23(19)37-21)36-17-12-32(13-17)25(35)33-20(3-5-29-33)14-7-15(26)9-16(27)8-14/h5,7-11,17,20-21H,3-4,6,12-13H2,1-2H3,(H,30,34)/t20-,21?/m0/s1. The van der Waals surface area contributed by atoms with Crippen LogP contribution in [0.2, 0.25) is 0 Å². The zero-order valence-corrected chi connectivity index (χ0v) is 20.3. The Balaban J connectivity index is 1.19. The molecule has 2 aromatic rings. The van der Waals surface area contributed by atoms with Crippen LogP contribution in [0.3, 0.4) is 0 Å². The van der Waals surface area contributed by atoms with Gasteiger partial charge in [-0.3, -0.25) is 4.79 Å². The minimum Gasteiger partial charge on any atom is -0.484 e. The van der Waals surface area contributed by atoms with E-state index in [0.717, 1.165) is 6.07 Å². The molecule has 12 heteroatoms. The molecule has 0 aliphatic carbocycles. The van der Waals surface area contributed by atoms with Crippen LogP contribution in [0.15, 0.2) is 35.4 Å². The highest BCUT2D eigenvalue weighted by molar-refractivity contribution is 5.98. The molecule has 1 fully saturated rings. The molecule has 1 saturated heterocycles. The second kappa shape index (κ2) is 9.92. The van der Waals surface area contributed by atoms with Crippen LogP contribution < -0.4 is 14.8 Å². The lowest BCUT2D eigenvalue weighted by Crippen LogP contribution is -2.58. The zero-order chi connectivity index (χ0) is 26.3. The molecule has 37 heavy (non-hydrogen) atoms. The summed E-state index contributed by atoms with van der Waals surface area (Å²) in [5.41, 5.74) is 0.618. The Labute approximate surface area is 211 Å². The van der Waals surface area contributed by atoms with E-state index in [1.54, 1.807) is 0 Å². The number of benzene rings is 2. The largest absolute Gasteiger partial charge is 0.484 e. The number of nitrogens with one attached hydrogen (secondary N) is 1. The van der Waals surface area contributed by atoms with Crippen LogP contribution in [0, 0.1) is 17.5 Å². The van der Waals surface area contributed by atoms with Crippen molar-refractivity contribution in [2.45, 2.75) is 31.1 Å². The second-order valence-electron chi connectivity index (χ2n) is 9.49. The molecule has 3 aliphatic rings. The highest BCUT2D eigenvalue weighted by Crippen LogP contribution is 2.37. The van der Waals surface area contributed by atoms with Gasteiger partial charge in [-0.25, -0.2) is 23.0 Å². The van der Waals surface area contributed by atoms with Gasteiger partial charge in [0.05, 0.1) is 24.8 Å². The van der Waals surface area contributed by atoms with Crippen molar-refractivity contribution in [1.82, 2.24) is 14.8 Å². The van der Waals surface area contributed by atoms with Crippen molar-refractivity contribution >= 4 is 23.8 Å². The first-order chi connectivity index (χ1) is 17.7. The Morgan fingerprint density at radius 1 is 1.16 bits per heavy atom. The first-order valence-electron chi connectivity index (χ1n) is 11.9. The van der Waals surface area contributed by atoms with Gasteiger partial charge >= 0.3 is 6.03 Å². The fourth-order valence-corrected chi connectivity index (χ4v) is 4.44. The molecule has 1 N–H and O–H groups in total. The minimum absolute atomic E-state index is 0.0706. The molecule has 1 unspecified atom stereocenters. The summed E-state index contributed by atoms with van der Waals surface area (Å²) >= 11 is 0. The molecule has 9 nitrogen and oxygen atoms in total. The number of urea groups is 1. The van der Waals surface area contributed by atoms with Gasteiger partial charge in [0.15, 0.2) is 17.7 Å². The van der Waals surface area contributed by atoms with E-state index in [1.165, 1.54) is 40.4 Å². The highest BCUT2D eigenvalue weighted by atomic mass is 19.1. The van der Waals surface area contributed by atoms with Crippen LogP contribution in [-0.2, 0) is 4.79 Å². The number of amides is 3. The molecule has 0 bridgehead atoms.